The Bertz CT molecular complexity index is 296. The van der Waals surface area contributed by atoms with Crippen LogP contribution in [0.2, 0.25) is 0 Å². The average molecular weight is 258 g/mol. The van der Waals surface area contributed by atoms with Crippen molar-refractivity contribution in [3.8, 4) is 0 Å². The average Bonchev–Trinajstić information content (AvgIpc) is 2.37. The maximum Gasteiger partial charge on any atom is 0.326 e. The van der Waals surface area contributed by atoms with Gasteiger partial charge in [0.05, 0.1) is 0 Å². The molecule has 104 valence electrons. The number of hydrogen-bond acceptors (Lipinski definition) is 4. The van der Waals surface area contributed by atoms with E-state index in [2.05, 4.69) is 5.32 Å². The molecule has 6 nitrogen and oxygen atoms in total. The van der Waals surface area contributed by atoms with Crippen molar-refractivity contribution in [2.75, 3.05) is 13.2 Å². The standard InChI is InChI=1S/C12H22N2O4/c13-7-8-3-1-2-4-9(8)11(16)14-10(5-6-15)12(17)18/h8-10,15H,1-7,13H2,(H,14,16)(H,17,18)/t8?,9?,10-/m1/s1. The van der Waals surface area contributed by atoms with Crippen molar-refractivity contribution in [2.45, 2.75) is 38.1 Å². The molecule has 5 N–H and O–H groups in total. The highest BCUT2D eigenvalue weighted by molar-refractivity contribution is 5.85. The molecule has 18 heavy (non-hydrogen) atoms. The van der Waals surface area contributed by atoms with Crippen molar-refractivity contribution in [2.24, 2.45) is 17.6 Å². The van der Waals surface area contributed by atoms with Gasteiger partial charge in [-0.05, 0) is 25.3 Å². The van der Waals surface area contributed by atoms with E-state index in [0.29, 0.717) is 6.54 Å². The summed E-state index contributed by atoms with van der Waals surface area (Å²) in [4.78, 5) is 23.0. The summed E-state index contributed by atoms with van der Waals surface area (Å²) in [5.41, 5.74) is 5.64. The number of hydrogen-bond donors (Lipinski definition) is 4. The molecule has 1 fully saturated rings. The third-order valence-electron chi connectivity index (χ3n) is 3.58. The summed E-state index contributed by atoms with van der Waals surface area (Å²) in [6, 6.07) is -1.01. The van der Waals surface area contributed by atoms with E-state index in [1.54, 1.807) is 0 Å². The number of carboxylic acids is 1. The van der Waals surface area contributed by atoms with Gasteiger partial charge in [0.15, 0.2) is 0 Å². The Morgan fingerprint density at radius 3 is 2.56 bits per heavy atom. The van der Waals surface area contributed by atoms with Gasteiger partial charge < -0.3 is 21.3 Å². The fourth-order valence-electron chi connectivity index (χ4n) is 2.50. The van der Waals surface area contributed by atoms with Gasteiger partial charge in [-0.1, -0.05) is 12.8 Å². The Morgan fingerprint density at radius 2 is 2.00 bits per heavy atom. The van der Waals surface area contributed by atoms with E-state index in [1.165, 1.54) is 0 Å². The number of amides is 1. The molecule has 0 bridgehead atoms. The van der Waals surface area contributed by atoms with Crippen LogP contribution in [-0.2, 0) is 9.59 Å². The third kappa shape index (κ3) is 3.96. The minimum atomic E-state index is -1.11. The lowest BCUT2D eigenvalue weighted by Crippen LogP contribution is -2.47. The SMILES string of the molecule is NCC1CCCCC1C(=O)N[C@H](CCO)C(=O)O. The molecule has 6 heteroatoms. The molecular weight excluding hydrogens is 236 g/mol. The smallest absolute Gasteiger partial charge is 0.326 e. The quantitative estimate of drug-likeness (QED) is 0.522. The van der Waals surface area contributed by atoms with Crippen LogP contribution in [0, 0.1) is 11.8 Å². The third-order valence-corrected chi connectivity index (χ3v) is 3.58. The number of carbonyl (C=O) groups is 2. The van der Waals surface area contributed by atoms with Crippen molar-refractivity contribution in [3.05, 3.63) is 0 Å². The molecule has 0 aromatic carbocycles. The number of rotatable bonds is 6. The van der Waals surface area contributed by atoms with Crippen LogP contribution in [0.4, 0.5) is 0 Å². The van der Waals surface area contributed by atoms with Gasteiger partial charge in [0, 0.05) is 18.9 Å². The van der Waals surface area contributed by atoms with Crippen molar-refractivity contribution in [1.29, 1.82) is 0 Å². The maximum absolute atomic E-state index is 12.0. The number of nitrogens with two attached hydrogens (primary N) is 1. The molecule has 0 aromatic heterocycles. The van der Waals surface area contributed by atoms with E-state index in [9.17, 15) is 9.59 Å². The van der Waals surface area contributed by atoms with Crippen molar-refractivity contribution in [1.82, 2.24) is 5.32 Å². The molecular formula is C12H22N2O4. The lowest BCUT2D eigenvalue weighted by molar-refractivity contribution is -0.143. The lowest BCUT2D eigenvalue weighted by Gasteiger charge is -2.30. The summed E-state index contributed by atoms with van der Waals surface area (Å²) >= 11 is 0. The number of aliphatic carboxylic acids is 1. The number of carboxylic acid groups (broad SMARTS) is 1. The van der Waals surface area contributed by atoms with Gasteiger partial charge in [0.2, 0.25) is 5.91 Å². The zero-order chi connectivity index (χ0) is 13.5. The highest BCUT2D eigenvalue weighted by Gasteiger charge is 2.32. The largest absolute Gasteiger partial charge is 0.480 e. The molecule has 1 amide bonds. The molecule has 0 aliphatic heterocycles. The molecule has 1 aliphatic carbocycles. The van der Waals surface area contributed by atoms with Crippen LogP contribution in [0.3, 0.4) is 0 Å². The molecule has 1 rings (SSSR count). The maximum atomic E-state index is 12.0. The van der Waals surface area contributed by atoms with Crippen LogP contribution in [0.15, 0.2) is 0 Å². The molecule has 1 aliphatic rings. The Balaban J connectivity index is 2.58. The monoisotopic (exact) mass is 258 g/mol. The van der Waals surface area contributed by atoms with E-state index in [4.69, 9.17) is 15.9 Å². The first-order valence-corrected chi connectivity index (χ1v) is 6.44. The summed E-state index contributed by atoms with van der Waals surface area (Å²) in [6.07, 6.45) is 3.77. The van der Waals surface area contributed by atoms with Crippen molar-refractivity contribution in [3.63, 3.8) is 0 Å². The molecule has 3 atom stereocenters. The first-order chi connectivity index (χ1) is 8.60. The number of carbonyl (C=O) groups excluding carboxylic acids is 1. The molecule has 1 saturated carbocycles. The zero-order valence-corrected chi connectivity index (χ0v) is 10.5. The van der Waals surface area contributed by atoms with Gasteiger partial charge in [-0.2, -0.15) is 0 Å². The second kappa shape index (κ2) is 7.33. The number of aliphatic hydroxyl groups is 1. The van der Waals surface area contributed by atoms with E-state index >= 15 is 0 Å². The molecule has 2 unspecified atom stereocenters. The summed E-state index contributed by atoms with van der Waals surface area (Å²) < 4.78 is 0. The Kier molecular flexibility index (Phi) is 6.07. The van der Waals surface area contributed by atoms with Crippen LogP contribution < -0.4 is 11.1 Å². The molecule has 0 heterocycles. The van der Waals surface area contributed by atoms with Gasteiger partial charge in [0.1, 0.15) is 6.04 Å². The van der Waals surface area contributed by atoms with E-state index in [0.717, 1.165) is 25.7 Å². The predicted octanol–water partition coefficient (Wildman–Crippen LogP) is -0.297. The molecule has 0 radical (unpaired) electrons. The molecule has 0 spiro atoms. The van der Waals surface area contributed by atoms with Crippen molar-refractivity contribution >= 4 is 11.9 Å². The normalized spacial score (nSPS) is 25.4. The fourth-order valence-corrected chi connectivity index (χ4v) is 2.50. The molecule has 0 saturated heterocycles. The first kappa shape index (κ1) is 14.9. The summed E-state index contributed by atoms with van der Waals surface area (Å²) in [5.74, 6) is -1.41. The van der Waals surface area contributed by atoms with Gasteiger partial charge in [-0.3, -0.25) is 4.79 Å². The first-order valence-electron chi connectivity index (χ1n) is 6.44. The second-order valence-corrected chi connectivity index (χ2v) is 4.80. The Hall–Kier alpha value is -1.14. The van der Waals surface area contributed by atoms with Gasteiger partial charge >= 0.3 is 5.97 Å². The zero-order valence-electron chi connectivity index (χ0n) is 10.5. The van der Waals surface area contributed by atoms with Crippen LogP contribution in [0.5, 0.6) is 0 Å². The predicted molar refractivity (Wildman–Crippen MR) is 65.8 cm³/mol. The molecule has 0 aromatic rings. The highest BCUT2D eigenvalue weighted by Crippen LogP contribution is 2.29. The topological polar surface area (TPSA) is 113 Å². The van der Waals surface area contributed by atoms with Crippen LogP contribution in [0.25, 0.3) is 0 Å². The minimum absolute atomic E-state index is 0.0289. The number of nitrogens with one attached hydrogen (secondary N) is 1. The van der Waals surface area contributed by atoms with Crippen LogP contribution >= 0.6 is 0 Å². The van der Waals surface area contributed by atoms with E-state index in [1.807, 2.05) is 0 Å². The van der Waals surface area contributed by atoms with E-state index < -0.39 is 12.0 Å². The van der Waals surface area contributed by atoms with Crippen LogP contribution in [0.1, 0.15) is 32.1 Å². The second-order valence-electron chi connectivity index (χ2n) is 4.80. The van der Waals surface area contributed by atoms with Gasteiger partial charge in [0.25, 0.3) is 0 Å². The van der Waals surface area contributed by atoms with Crippen molar-refractivity contribution < 1.29 is 19.8 Å². The summed E-state index contributed by atoms with van der Waals surface area (Å²) in [6.45, 7) is 0.193. The Morgan fingerprint density at radius 1 is 1.33 bits per heavy atom. The summed E-state index contributed by atoms with van der Waals surface area (Å²) in [7, 11) is 0. The Labute approximate surface area is 107 Å². The van der Waals surface area contributed by atoms with Gasteiger partial charge in [-0.15, -0.1) is 0 Å². The fraction of sp³-hybridized carbons (Fsp3) is 0.833. The minimum Gasteiger partial charge on any atom is -0.480 e. The van der Waals surface area contributed by atoms with Crippen LogP contribution in [-0.4, -0.2) is 41.3 Å². The lowest BCUT2D eigenvalue weighted by atomic mass is 9.78. The highest BCUT2D eigenvalue weighted by atomic mass is 16.4. The summed E-state index contributed by atoms with van der Waals surface area (Å²) in [5, 5.41) is 20.2. The van der Waals surface area contributed by atoms with E-state index in [-0.39, 0.29) is 30.8 Å². The van der Waals surface area contributed by atoms with Gasteiger partial charge in [-0.25, -0.2) is 4.79 Å². The number of aliphatic hydroxyl groups excluding tert-OH is 1.